The summed E-state index contributed by atoms with van der Waals surface area (Å²) in [7, 11) is 0. The number of hydrogen-bond donors (Lipinski definition) is 2. The van der Waals surface area contributed by atoms with Crippen molar-refractivity contribution in [2.75, 3.05) is 18.9 Å². The number of hydrogen-bond acceptors (Lipinski definition) is 4. The average molecular weight is 221 g/mol. The maximum atomic E-state index is 6.17. The van der Waals surface area contributed by atoms with Gasteiger partial charge in [0.25, 0.3) is 0 Å². The van der Waals surface area contributed by atoms with Gasteiger partial charge in [0.2, 0.25) is 0 Å². The number of nitrogen functional groups attached to an aromatic ring is 1. The van der Waals surface area contributed by atoms with Crippen molar-refractivity contribution in [3.05, 3.63) is 23.4 Å². The predicted octanol–water partition coefficient (Wildman–Crippen LogP) is 1.40. The second-order valence-electron chi connectivity index (χ2n) is 4.56. The fourth-order valence-electron chi connectivity index (χ4n) is 2.15. The van der Waals surface area contributed by atoms with Crippen LogP contribution >= 0.6 is 0 Å². The molecule has 4 nitrogen and oxygen atoms in total. The standard InChI is InChI=1S/C12H19N3O/c1-8-4-10(12(14)15-6-8)11(13)5-9-2-3-16-7-9/h4,6,9,11H,2-3,5,7,13H2,1H3,(H2,14,15). The minimum Gasteiger partial charge on any atom is -0.383 e. The van der Waals surface area contributed by atoms with Crippen molar-refractivity contribution in [2.45, 2.75) is 25.8 Å². The monoisotopic (exact) mass is 221 g/mol. The average Bonchev–Trinajstić information content (AvgIpc) is 2.74. The van der Waals surface area contributed by atoms with Crippen molar-refractivity contribution in [1.82, 2.24) is 4.98 Å². The van der Waals surface area contributed by atoms with Gasteiger partial charge in [0.15, 0.2) is 0 Å². The highest BCUT2D eigenvalue weighted by Gasteiger charge is 2.21. The molecule has 1 aliphatic rings. The van der Waals surface area contributed by atoms with Gasteiger partial charge in [-0.25, -0.2) is 4.98 Å². The van der Waals surface area contributed by atoms with E-state index in [2.05, 4.69) is 4.98 Å². The Kier molecular flexibility index (Phi) is 3.41. The van der Waals surface area contributed by atoms with E-state index in [1.807, 2.05) is 13.0 Å². The van der Waals surface area contributed by atoms with Crippen LogP contribution in [-0.2, 0) is 4.74 Å². The number of rotatable bonds is 3. The van der Waals surface area contributed by atoms with Crippen LogP contribution in [0.5, 0.6) is 0 Å². The summed E-state index contributed by atoms with van der Waals surface area (Å²) in [6.07, 6.45) is 3.80. The topological polar surface area (TPSA) is 74.2 Å². The zero-order valence-electron chi connectivity index (χ0n) is 9.65. The molecule has 0 spiro atoms. The van der Waals surface area contributed by atoms with Gasteiger partial charge in [0, 0.05) is 31.0 Å². The lowest BCUT2D eigenvalue weighted by Gasteiger charge is -2.17. The zero-order valence-corrected chi connectivity index (χ0v) is 9.65. The van der Waals surface area contributed by atoms with Crippen LogP contribution in [0.15, 0.2) is 12.3 Å². The largest absolute Gasteiger partial charge is 0.383 e. The molecule has 1 aromatic rings. The summed E-state index contributed by atoms with van der Waals surface area (Å²) in [6, 6.07) is 2.00. The first kappa shape index (κ1) is 11.4. The molecule has 2 atom stereocenters. The van der Waals surface area contributed by atoms with Gasteiger partial charge in [-0.3, -0.25) is 0 Å². The Balaban J connectivity index is 2.07. The van der Waals surface area contributed by atoms with E-state index >= 15 is 0 Å². The van der Waals surface area contributed by atoms with Crippen LogP contribution < -0.4 is 11.5 Å². The molecule has 1 fully saturated rings. The number of pyridine rings is 1. The highest BCUT2D eigenvalue weighted by Crippen LogP contribution is 2.27. The molecule has 4 heteroatoms. The molecule has 88 valence electrons. The Labute approximate surface area is 96.0 Å². The van der Waals surface area contributed by atoms with Gasteiger partial charge in [-0.1, -0.05) is 0 Å². The van der Waals surface area contributed by atoms with Gasteiger partial charge in [-0.2, -0.15) is 0 Å². The highest BCUT2D eigenvalue weighted by atomic mass is 16.5. The number of aryl methyl sites for hydroxylation is 1. The molecule has 2 heterocycles. The van der Waals surface area contributed by atoms with Crippen molar-refractivity contribution in [3.8, 4) is 0 Å². The molecule has 16 heavy (non-hydrogen) atoms. The van der Waals surface area contributed by atoms with Crippen LogP contribution in [0, 0.1) is 12.8 Å². The number of ether oxygens (including phenoxy) is 1. The molecule has 0 saturated carbocycles. The molecular weight excluding hydrogens is 202 g/mol. The van der Waals surface area contributed by atoms with Crippen molar-refractivity contribution in [2.24, 2.45) is 11.7 Å². The second-order valence-corrected chi connectivity index (χ2v) is 4.56. The fraction of sp³-hybridized carbons (Fsp3) is 0.583. The van der Waals surface area contributed by atoms with Crippen molar-refractivity contribution in [3.63, 3.8) is 0 Å². The van der Waals surface area contributed by atoms with E-state index in [1.54, 1.807) is 6.20 Å². The minimum absolute atomic E-state index is 0.0286. The van der Waals surface area contributed by atoms with E-state index in [0.717, 1.165) is 37.2 Å². The molecule has 1 saturated heterocycles. The van der Waals surface area contributed by atoms with Crippen molar-refractivity contribution < 1.29 is 4.74 Å². The van der Waals surface area contributed by atoms with Crippen LogP contribution in [0.3, 0.4) is 0 Å². The third kappa shape index (κ3) is 2.51. The van der Waals surface area contributed by atoms with Crippen LogP contribution in [0.1, 0.15) is 30.0 Å². The highest BCUT2D eigenvalue weighted by molar-refractivity contribution is 5.42. The first-order valence-electron chi connectivity index (χ1n) is 5.72. The lowest BCUT2D eigenvalue weighted by atomic mass is 9.94. The molecule has 1 aromatic heterocycles. The summed E-state index contributed by atoms with van der Waals surface area (Å²) in [4.78, 5) is 4.14. The second kappa shape index (κ2) is 4.80. The van der Waals surface area contributed by atoms with Crippen molar-refractivity contribution in [1.29, 1.82) is 0 Å². The molecule has 0 amide bonds. The quantitative estimate of drug-likeness (QED) is 0.809. The molecule has 2 unspecified atom stereocenters. The summed E-state index contributed by atoms with van der Waals surface area (Å²) in [6.45, 7) is 3.69. The maximum absolute atomic E-state index is 6.17. The molecule has 4 N–H and O–H groups in total. The zero-order chi connectivity index (χ0) is 11.5. The van der Waals surface area contributed by atoms with E-state index in [4.69, 9.17) is 16.2 Å². The first-order valence-corrected chi connectivity index (χ1v) is 5.72. The van der Waals surface area contributed by atoms with E-state index < -0.39 is 0 Å². The number of anilines is 1. The number of aromatic nitrogens is 1. The summed E-state index contributed by atoms with van der Waals surface area (Å²) >= 11 is 0. The molecule has 0 bridgehead atoms. The molecular formula is C12H19N3O. The van der Waals surface area contributed by atoms with Crippen LogP contribution in [-0.4, -0.2) is 18.2 Å². The third-order valence-electron chi connectivity index (χ3n) is 3.10. The summed E-state index contributed by atoms with van der Waals surface area (Å²) < 4.78 is 5.35. The Morgan fingerprint density at radius 2 is 2.44 bits per heavy atom. The van der Waals surface area contributed by atoms with E-state index in [9.17, 15) is 0 Å². The predicted molar refractivity (Wildman–Crippen MR) is 63.9 cm³/mol. The van der Waals surface area contributed by atoms with Gasteiger partial charge in [0.05, 0.1) is 0 Å². The van der Waals surface area contributed by atoms with Crippen LogP contribution in [0.2, 0.25) is 0 Å². The smallest absolute Gasteiger partial charge is 0.128 e. The fourth-order valence-corrected chi connectivity index (χ4v) is 2.15. The Morgan fingerprint density at radius 3 is 3.12 bits per heavy atom. The summed E-state index contributed by atoms with van der Waals surface area (Å²) in [5.41, 5.74) is 14.1. The lowest BCUT2D eigenvalue weighted by Crippen LogP contribution is -2.17. The first-order chi connectivity index (χ1) is 7.66. The Hall–Kier alpha value is -1.13. The Bertz CT molecular complexity index is 361. The SMILES string of the molecule is Cc1cnc(N)c(C(N)CC2CCOC2)c1. The lowest BCUT2D eigenvalue weighted by molar-refractivity contribution is 0.182. The van der Waals surface area contributed by atoms with Gasteiger partial charge in [-0.15, -0.1) is 0 Å². The van der Waals surface area contributed by atoms with Gasteiger partial charge in [-0.05, 0) is 37.3 Å². The molecule has 0 aliphatic carbocycles. The van der Waals surface area contributed by atoms with Gasteiger partial charge >= 0.3 is 0 Å². The normalized spacial score (nSPS) is 22.2. The van der Waals surface area contributed by atoms with Crippen LogP contribution in [0.4, 0.5) is 5.82 Å². The van der Waals surface area contributed by atoms with Gasteiger partial charge in [0.1, 0.15) is 5.82 Å². The molecule has 2 rings (SSSR count). The number of nitrogens with zero attached hydrogens (tertiary/aromatic N) is 1. The summed E-state index contributed by atoms with van der Waals surface area (Å²) in [5.74, 6) is 1.12. The van der Waals surface area contributed by atoms with E-state index in [0.29, 0.717) is 11.7 Å². The van der Waals surface area contributed by atoms with E-state index in [-0.39, 0.29) is 6.04 Å². The van der Waals surface area contributed by atoms with E-state index in [1.165, 1.54) is 0 Å². The number of nitrogens with two attached hydrogens (primary N) is 2. The minimum atomic E-state index is -0.0286. The molecule has 0 aromatic carbocycles. The molecule has 1 aliphatic heterocycles. The van der Waals surface area contributed by atoms with Crippen molar-refractivity contribution >= 4 is 5.82 Å². The van der Waals surface area contributed by atoms with Gasteiger partial charge < -0.3 is 16.2 Å². The van der Waals surface area contributed by atoms with Crippen LogP contribution in [0.25, 0.3) is 0 Å². The third-order valence-corrected chi connectivity index (χ3v) is 3.10. The summed E-state index contributed by atoms with van der Waals surface area (Å²) in [5, 5.41) is 0. The molecule has 0 radical (unpaired) electrons. The Morgan fingerprint density at radius 1 is 1.62 bits per heavy atom. The maximum Gasteiger partial charge on any atom is 0.128 e.